The molecule has 0 N–H and O–H groups in total. The maximum atomic E-state index is 5.84. The Morgan fingerprint density at radius 1 is 1.17 bits per heavy atom. The van der Waals surface area contributed by atoms with Crippen LogP contribution >= 0.6 is 11.6 Å². The summed E-state index contributed by atoms with van der Waals surface area (Å²) in [4.78, 5) is 8.88. The predicted molar refractivity (Wildman–Crippen MR) is 73.1 cm³/mol. The Hall–Kier alpha value is -1.61. The number of rotatable bonds is 3. The molecule has 0 aliphatic heterocycles. The summed E-state index contributed by atoms with van der Waals surface area (Å²) in [7, 11) is 1.65. The van der Waals surface area contributed by atoms with Crippen LogP contribution in [0.2, 0.25) is 0 Å². The highest BCUT2D eigenvalue weighted by molar-refractivity contribution is 6.16. The van der Waals surface area contributed by atoms with Gasteiger partial charge in [-0.2, -0.15) is 0 Å². The van der Waals surface area contributed by atoms with Gasteiger partial charge in [-0.15, -0.1) is 11.6 Å². The van der Waals surface area contributed by atoms with Crippen LogP contribution in [0.3, 0.4) is 0 Å². The Balaban J connectivity index is 2.57. The highest BCUT2D eigenvalue weighted by atomic mass is 35.5. The van der Waals surface area contributed by atoms with Gasteiger partial charge in [0.25, 0.3) is 0 Å². The Morgan fingerprint density at radius 2 is 1.94 bits per heavy atom. The molecule has 1 aromatic heterocycles. The normalized spacial score (nSPS) is 10.4. The topological polar surface area (TPSA) is 35.0 Å². The van der Waals surface area contributed by atoms with Crippen molar-refractivity contribution in [2.75, 3.05) is 7.11 Å². The molecule has 2 aromatic rings. The van der Waals surface area contributed by atoms with E-state index >= 15 is 0 Å². The predicted octanol–water partition coefficient (Wildman–Crippen LogP) is 3.51. The fourth-order valence-electron chi connectivity index (χ4n) is 1.81. The van der Waals surface area contributed by atoms with Gasteiger partial charge in [0.2, 0.25) is 0 Å². The SMILES string of the molecule is COc1cc(C)ccc1-c1nc(C)cc(CCl)n1. The molecule has 0 fully saturated rings. The molecule has 4 heteroatoms. The van der Waals surface area contributed by atoms with Crippen molar-refractivity contribution in [1.82, 2.24) is 9.97 Å². The number of aryl methyl sites for hydroxylation is 2. The van der Waals surface area contributed by atoms with Gasteiger partial charge in [-0.1, -0.05) is 6.07 Å². The van der Waals surface area contributed by atoms with E-state index in [0.29, 0.717) is 11.7 Å². The van der Waals surface area contributed by atoms with Gasteiger partial charge in [-0.25, -0.2) is 9.97 Å². The smallest absolute Gasteiger partial charge is 0.163 e. The lowest BCUT2D eigenvalue weighted by Gasteiger charge is -2.09. The monoisotopic (exact) mass is 262 g/mol. The van der Waals surface area contributed by atoms with E-state index in [1.165, 1.54) is 0 Å². The van der Waals surface area contributed by atoms with Crippen LogP contribution < -0.4 is 4.74 Å². The van der Waals surface area contributed by atoms with Gasteiger partial charge in [0.05, 0.1) is 24.2 Å². The van der Waals surface area contributed by atoms with Gasteiger partial charge in [-0.3, -0.25) is 0 Å². The molecule has 0 saturated carbocycles. The second-order valence-electron chi connectivity index (χ2n) is 4.16. The molecule has 3 nitrogen and oxygen atoms in total. The molecule has 0 aliphatic rings. The molecule has 0 saturated heterocycles. The highest BCUT2D eigenvalue weighted by Crippen LogP contribution is 2.28. The molecule has 0 bridgehead atoms. The average molecular weight is 263 g/mol. The molecule has 94 valence electrons. The zero-order valence-corrected chi connectivity index (χ0v) is 11.5. The van der Waals surface area contributed by atoms with E-state index in [4.69, 9.17) is 16.3 Å². The summed E-state index contributed by atoms with van der Waals surface area (Å²) in [5.74, 6) is 1.81. The van der Waals surface area contributed by atoms with Crippen LogP contribution in [0.15, 0.2) is 24.3 Å². The third-order valence-electron chi connectivity index (χ3n) is 2.64. The minimum Gasteiger partial charge on any atom is -0.496 e. The fourth-order valence-corrected chi connectivity index (χ4v) is 1.94. The zero-order valence-electron chi connectivity index (χ0n) is 10.7. The number of ether oxygens (including phenoxy) is 1. The van der Waals surface area contributed by atoms with E-state index in [-0.39, 0.29) is 0 Å². The molecule has 0 unspecified atom stereocenters. The van der Waals surface area contributed by atoms with Gasteiger partial charge in [0.15, 0.2) is 5.82 Å². The molecule has 0 atom stereocenters. The number of methoxy groups -OCH3 is 1. The Bertz CT molecular complexity index is 570. The molecule has 0 amide bonds. The molecular formula is C14H15ClN2O. The highest BCUT2D eigenvalue weighted by Gasteiger charge is 2.10. The number of alkyl halides is 1. The maximum absolute atomic E-state index is 5.84. The molecule has 1 heterocycles. The van der Waals surface area contributed by atoms with E-state index in [9.17, 15) is 0 Å². The number of benzene rings is 1. The minimum absolute atomic E-state index is 0.380. The van der Waals surface area contributed by atoms with Crippen LogP contribution in [-0.4, -0.2) is 17.1 Å². The Kier molecular flexibility index (Phi) is 3.82. The summed E-state index contributed by atoms with van der Waals surface area (Å²) in [5, 5.41) is 0. The van der Waals surface area contributed by atoms with Crippen molar-refractivity contribution >= 4 is 11.6 Å². The van der Waals surface area contributed by atoms with E-state index < -0.39 is 0 Å². The number of aromatic nitrogens is 2. The van der Waals surface area contributed by atoms with Crippen molar-refractivity contribution in [3.05, 3.63) is 41.2 Å². The first-order valence-corrected chi connectivity index (χ1v) is 6.23. The summed E-state index contributed by atoms with van der Waals surface area (Å²) in [6.45, 7) is 3.95. The molecule has 1 aromatic carbocycles. The first-order chi connectivity index (χ1) is 8.63. The lowest BCUT2D eigenvalue weighted by Crippen LogP contribution is -1.98. The van der Waals surface area contributed by atoms with E-state index in [1.807, 2.05) is 38.1 Å². The summed E-state index contributed by atoms with van der Waals surface area (Å²) in [5.41, 5.74) is 3.75. The van der Waals surface area contributed by atoms with Crippen LogP contribution in [0.4, 0.5) is 0 Å². The number of hydrogen-bond acceptors (Lipinski definition) is 3. The molecule has 2 rings (SSSR count). The lowest BCUT2D eigenvalue weighted by atomic mass is 10.1. The van der Waals surface area contributed by atoms with Crippen molar-refractivity contribution in [2.45, 2.75) is 19.7 Å². The second-order valence-corrected chi connectivity index (χ2v) is 4.43. The van der Waals surface area contributed by atoms with Gasteiger partial charge >= 0.3 is 0 Å². The molecule has 18 heavy (non-hydrogen) atoms. The van der Waals surface area contributed by atoms with Crippen molar-refractivity contribution in [2.24, 2.45) is 0 Å². The Morgan fingerprint density at radius 3 is 2.61 bits per heavy atom. The van der Waals surface area contributed by atoms with Crippen LogP contribution in [0, 0.1) is 13.8 Å². The van der Waals surface area contributed by atoms with Crippen LogP contribution in [0.1, 0.15) is 17.0 Å². The van der Waals surface area contributed by atoms with Crippen LogP contribution in [0.25, 0.3) is 11.4 Å². The van der Waals surface area contributed by atoms with Gasteiger partial charge in [0, 0.05) is 5.69 Å². The third kappa shape index (κ3) is 2.62. The van der Waals surface area contributed by atoms with Gasteiger partial charge < -0.3 is 4.74 Å². The minimum atomic E-state index is 0.380. The standard InChI is InChI=1S/C14H15ClN2O/c1-9-4-5-12(13(6-9)18-3)14-16-10(2)7-11(8-15)17-14/h4-7H,8H2,1-3H3. The van der Waals surface area contributed by atoms with E-state index in [0.717, 1.165) is 28.3 Å². The molecule has 0 radical (unpaired) electrons. The average Bonchev–Trinajstić information content (AvgIpc) is 2.37. The largest absolute Gasteiger partial charge is 0.496 e. The van der Waals surface area contributed by atoms with Crippen molar-refractivity contribution in [1.29, 1.82) is 0 Å². The molecular weight excluding hydrogens is 248 g/mol. The zero-order chi connectivity index (χ0) is 13.1. The Labute approximate surface area is 112 Å². The number of nitrogens with zero attached hydrogens (tertiary/aromatic N) is 2. The number of halogens is 1. The van der Waals surface area contributed by atoms with Gasteiger partial charge in [0.1, 0.15) is 5.75 Å². The first-order valence-electron chi connectivity index (χ1n) is 5.69. The van der Waals surface area contributed by atoms with Crippen LogP contribution in [0.5, 0.6) is 5.75 Å². The maximum Gasteiger partial charge on any atom is 0.163 e. The number of hydrogen-bond donors (Lipinski definition) is 0. The third-order valence-corrected chi connectivity index (χ3v) is 2.92. The van der Waals surface area contributed by atoms with E-state index in [1.54, 1.807) is 7.11 Å². The molecule has 0 spiro atoms. The summed E-state index contributed by atoms with van der Waals surface area (Å²) >= 11 is 5.84. The quantitative estimate of drug-likeness (QED) is 0.794. The summed E-state index contributed by atoms with van der Waals surface area (Å²) < 4.78 is 5.38. The summed E-state index contributed by atoms with van der Waals surface area (Å²) in [6.07, 6.45) is 0. The van der Waals surface area contributed by atoms with Gasteiger partial charge in [-0.05, 0) is 37.6 Å². The summed E-state index contributed by atoms with van der Waals surface area (Å²) in [6, 6.07) is 7.85. The molecule has 0 aliphatic carbocycles. The second kappa shape index (κ2) is 5.36. The first kappa shape index (κ1) is 12.8. The van der Waals surface area contributed by atoms with Crippen molar-refractivity contribution in [3.8, 4) is 17.1 Å². The fraction of sp³-hybridized carbons (Fsp3) is 0.286. The lowest BCUT2D eigenvalue weighted by molar-refractivity contribution is 0.416. The van der Waals surface area contributed by atoms with Crippen molar-refractivity contribution < 1.29 is 4.74 Å². The van der Waals surface area contributed by atoms with Crippen molar-refractivity contribution in [3.63, 3.8) is 0 Å². The van der Waals surface area contributed by atoms with E-state index in [2.05, 4.69) is 9.97 Å². The van der Waals surface area contributed by atoms with Crippen LogP contribution in [-0.2, 0) is 5.88 Å².